The standard InChI is InChI=1S/C17H24N2O2/c1-3-10-21-15-7-5-6-13-16(15)18-17(20)14-11-12(4-2)8-9-19(13)14/h5-7,12,14H,3-4,8-11H2,1-2H3,(H,18,20). The summed E-state index contributed by atoms with van der Waals surface area (Å²) in [6.45, 7) is 5.93. The quantitative estimate of drug-likeness (QED) is 0.923. The maximum Gasteiger partial charge on any atom is 0.247 e. The zero-order valence-electron chi connectivity index (χ0n) is 12.9. The molecule has 0 radical (unpaired) electrons. The third-order valence-electron chi connectivity index (χ3n) is 4.61. The molecule has 1 aromatic carbocycles. The van der Waals surface area contributed by atoms with Gasteiger partial charge in [-0.25, -0.2) is 0 Å². The fraction of sp³-hybridized carbons (Fsp3) is 0.588. The summed E-state index contributed by atoms with van der Waals surface area (Å²) in [5, 5.41) is 3.08. The lowest BCUT2D eigenvalue weighted by molar-refractivity contribution is -0.118. The average molecular weight is 288 g/mol. The molecule has 1 amide bonds. The van der Waals surface area contributed by atoms with Crippen LogP contribution in [-0.4, -0.2) is 25.1 Å². The zero-order chi connectivity index (χ0) is 14.8. The van der Waals surface area contributed by atoms with Gasteiger partial charge in [0, 0.05) is 6.54 Å². The molecule has 114 valence electrons. The molecule has 1 aromatic rings. The van der Waals surface area contributed by atoms with E-state index < -0.39 is 0 Å². The largest absolute Gasteiger partial charge is 0.491 e. The lowest BCUT2D eigenvalue weighted by Gasteiger charge is -2.43. The topological polar surface area (TPSA) is 41.6 Å². The average Bonchev–Trinajstić information content (AvgIpc) is 2.53. The van der Waals surface area contributed by atoms with Crippen LogP contribution in [0, 0.1) is 5.92 Å². The Morgan fingerprint density at radius 2 is 2.24 bits per heavy atom. The molecule has 2 aliphatic heterocycles. The van der Waals surface area contributed by atoms with Crippen molar-refractivity contribution in [2.45, 2.75) is 45.6 Å². The molecule has 4 nitrogen and oxygen atoms in total. The molecule has 0 bridgehead atoms. The monoisotopic (exact) mass is 288 g/mol. The van der Waals surface area contributed by atoms with Gasteiger partial charge in [-0.1, -0.05) is 26.3 Å². The number of anilines is 2. The van der Waals surface area contributed by atoms with Gasteiger partial charge in [-0.05, 0) is 37.3 Å². The van der Waals surface area contributed by atoms with Gasteiger partial charge in [-0.2, -0.15) is 0 Å². The third-order valence-corrected chi connectivity index (χ3v) is 4.61. The zero-order valence-corrected chi connectivity index (χ0v) is 12.9. The van der Waals surface area contributed by atoms with Crippen LogP contribution < -0.4 is 15.0 Å². The Balaban J connectivity index is 1.91. The van der Waals surface area contributed by atoms with Crippen LogP contribution in [0.25, 0.3) is 0 Å². The number of hydrogen-bond donors (Lipinski definition) is 1. The minimum Gasteiger partial charge on any atom is -0.491 e. The number of hydrogen-bond acceptors (Lipinski definition) is 3. The van der Waals surface area contributed by atoms with Crippen LogP contribution in [0.2, 0.25) is 0 Å². The molecule has 0 aromatic heterocycles. The summed E-state index contributed by atoms with van der Waals surface area (Å²) in [5.41, 5.74) is 1.96. The highest BCUT2D eigenvalue weighted by molar-refractivity contribution is 6.05. The summed E-state index contributed by atoms with van der Waals surface area (Å²) in [4.78, 5) is 14.7. The summed E-state index contributed by atoms with van der Waals surface area (Å²) in [6.07, 6.45) is 4.24. The highest BCUT2D eigenvalue weighted by Gasteiger charge is 2.38. The van der Waals surface area contributed by atoms with Gasteiger partial charge in [-0.3, -0.25) is 4.79 Å². The maximum atomic E-state index is 12.5. The van der Waals surface area contributed by atoms with Gasteiger partial charge in [0.1, 0.15) is 17.5 Å². The molecule has 2 unspecified atom stereocenters. The Hall–Kier alpha value is -1.71. The van der Waals surface area contributed by atoms with E-state index in [9.17, 15) is 4.79 Å². The summed E-state index contributed by atoms with van der Waals surface area (Å²) in [5.74, 6) is 1.57. The first kappa shape index (κ1) is 14.2. The normalized spacial score (nSPS) is 24.1. The van der Waals surface area contributed by atoms with Crippen molar-refractivity contribution in [3.8, 4) is 5.75 Å². The molecule has 4 heteroatoms. The molecule has 1 N–H and O–H groups in total. The van der Waals surface area contributed by atoms with E-state index in [1.807, 2.05) is 12.1 Å². The van der Waals surface area contributed by atoms with Crippen molar-refractivity contribution in [3.05, 3.63) is 18.2 Å². The molecule has 0 aliphatic carbocycles. The van der Waals surface area contributed by atoms with E-state index in [0.717, 1.165) is 42.9 Å². The molecule has 0 spiro atoms. The summed E-state index contributed by atoms with van der Waals surface area (Å²) in [7, 11) is 0. The number of amides is 1. The van der Waals surface area contributed by atoms with Gasteiger partial charge >= 0.3 is 0 Å². The maximum absolute atomic E-state index is 12.5. The van der Waals surface area contributed by atoms with Crippen LogP contribution in [0.4, 0.5) is 11.4 Å². The number of carbonyl (C=O) groups excluding carboxylic acids is 1. The van der Waals surface area contributed by atoms with E-state index in [2.05, 4.69) is 30.1 Å². The summed E-state index contributed by atoms with van der Waals surface area (Å²) >= 11 is 0. The molecule has 1 fully saturated rings. The van der Waals surface area contributed by atoms with E-state index >= 15 is 0 Å². The fourth-order valence-corrected chi connectivity index (χ4v) is 3.37. The summed E-state index contributed by atoms with van der Waals surface area (Å²) < 4.78 is 5.78. The number of piperidine rings is 1. The first-order chi connectivity index (χ1) is 10.2. The molecule has 1 saturated heterocycles. The highest BCUT2D eigenvalue weighted by atomic mass is 16.5. The summed E-state index contributed by atoms with van der Waals surface area (Å²) in [6, 6.07) is 6.03. The van der Waals surface area contributed by atoms with Crippen molar-refractivity contribution in [3.63, 3.8) is 0 Å². The minimum atomic E-state index is -0.0161. The molecule has 21 heavy (non-hydrogen) atoms. The van der Waals surface area contributed by atoms with Crippen molar-refractivity contribution in [1.29, 1.82) is 0 Å². The number of rotatable bonds is 4. The second-order valence-corrected chi connectivity index (χ2v) is 6.00. The number of fused-ring (bicyclic) bond motifs is 3. The number of nitrogens with one attached hydrogen (secondary N) is 1. The van der Waals surface area contributed by atoms with Crippen LogP contribution in [0.15, 0.2) is 18.2 Å². The van der Waals surface area contributed by atoms with Gasteiger partial charge in [0.15, 0.2) is 0 Å². The van der Waals surface area contributed by atoms with E-state index in [1.165, 1.54) is 6.42 Å². The molecule has 0 saturated carbocycles. The number of para-hydroxylation sites is 1. The van der Waals surface area contributed by atoms with Crippen molar-refractivity contribution in [2.75, 3.05) is 23.4 Å². The smallest absolute Gasteiger partial charge is 0.247 e. The third kappa shape index (κ3) is 2.59. The second-order valence-electron chi connectivity index (χ2n) is 6.00. The molecule has 3 rings (SSSR count). The predicted molar refractivity (Wildman–Crippen MR) is 85.0 cm³/mol. The number of carbonyl (C=O) groups is 1. The van der Waals surface area contributed by atoms with Gasteiger partial charge in [-0.15, -0.1) is 0 Å². The first-order valence-corrected chi connectivity index (χ1v) is 8.07. The first-order valence-electron chi connectivity index (χ1n) is 8.07. The molecular formula is C17H24N2O2. The van der Waals surface area contributed by atoms with Crippen molar-refractivity contribution in [2.24, 2.45) is 5.92 Å². The molecule has 2 atom stereocenters. The molecule has 2 heterocycles. The lowest BCUT2D eigenvalue weighted by atomic mass is 9.87. The van der Waals surface area contributed by atoms with Crippen LogP contribution in [-0.2, 0) is 4.79 Å². The van der Waals surface area contributed by atoms with E-state index in [0.29, 0.717) is 12.5 Å². The van der Waals surface area contributed by atoms with Gasteiger partial charge in [0.2, 0.25) is 5.91 Å². The van der Waals surface area contributed by atoms with Crippen LogP contribution in [0.5, 0.6) is 5.75 Å². The van der Waals surface area contributed by atoms with E-state index in [4.69, 9.17) is 4.74 Å². The Labute approximate surface area is 126 Å². The number of nitrogens with zero attached hydrogens (tertiary/aromatic N) is 1. The SMILES string of the molecule is CCCOc1cccc2c1NC(=O)C1CC(CC)CCN21. The number of benzene rings is 1. The Morgan fingerprint density at radius 3 is 3.00 bits per heavy atom. The Morgan fingerprint density at radius 1 is 1.38 bits per heavy atom. The lowest BCUT2D eigenvalue weighted by Crippen LogP contribution is -2.52. The molecular weight excluding hydrogens is 264 g/mol. The number of ether oxygens (including phenoxy) is 1. The van der Waals surface area contributed by atoms with E-state index in [-0.39, 0.29) is 11.9 Å². The van der Waals surface area contributed by atoms with Crippen molar-refractivity contribution < 1.29 is 9.53 Å². The van der Waals surface area contributed by atoms with Crippen LogP contribution in [0.3, 0.4) is 0 Å². The highest BCUT2D eigenvalue weighted by Crippen LogP contribution is 2.42. The second kappa shape index (κ2) is 5.96. The van der Waals surface area contributed by atoms with Crippen LogP contribution >= 0.6 is 0 Å². The van der Waals surface area contributed by atoms with Crippen LogP contribution in [0.1, 0.15) is 39.5 Å². The fourth-order valence-electron chi connectivity index (χ4n) is 3.37. The predicted octanol–water partition coefficient (Wildman–Crippen LogP) is 3.42. The molecule has 2 aliphatic rings. The van der Waals surface area contributed by atoms with Crippen molar-refractivity contribution >= 4 is 17.3 Å². The Kier molecular flexibility index (Phi) is 4.04. The Bertz CT molecular complexity index is 530. The van der Waals surface area contributed by atoms with Crippen molar-refractivity contribution in [1.82, 2.24) is 0 Å². The van der Waals surface area contributed by atoms with Gasteiger partial charge in [0.05, 0.1) is 12.3 Å². The van der Waals surface area contributed by atoms with Gasteiger partial charge < -0.3 is 15.0 Å². The van der Waals surface area contributed by atoms with E-state index in [1.54, 1.807) is 0 Å². The minimum absolute atomic E-state index is 0.0161. The van der Waals surface area contributed by atoms with Gasteiger partial charge in [0.25, 0.3) is 0 Å².